The van der Waals surface area contributed by atoms with Crippen molar-refractivity contribution in [1.82, 2.24) is 10.6 Å². The summed E-state index contributed by atoms with van der Waals surface area (Å²) in [5.74, 6) is -1.01. The first-order valence-electron chi connectivity index (χ1n) is 7.89. The van der Waals surface area contributed by atoms with Gasteiger partial charge in [-0.25, -0.2) is 4.99 Å². The number of anilines is 1. The Morgan fingerprint density at radius 1 is 1.08 bits per heavy atom. The SMILES string of the molecule is C=C/C=C(\N=C)NCCC(=O)Nc1ccc(C(=O)NCCC(=O)O)cc1. The molecule has 8 nitrogen and oxygen atoms in total. The molecule has 0 radical (unpaired) electrons. The number of allylic oxidation sites excluding steroid dienone is 2. The third-order valence-electron chi connectivity index (χ3n) is 3.16. The summed E-state index contributed by atoms with van der Waals surface area (Å²) in [6.45, 7) is 7.40. The molecule has 2 amide bonds. The summed E-state index contributed by atoms with van der Waals surface area (Å²) in [6.07, 6.45) is 3.29. The van der Waals surface area contributed by atoms with E-state index in [2.05, 4.69) is 34.2 Å². The van der Waals surface area contributed by atoms with Crippen LogP contribution in [0.4, 0.5) is 5.69 Å². The molecule has 0 saturated carbocycles. The van der Waals surface area contributed by atoms with Crippen LogP contribution in [0.1, 0.15) is 23.2 Å². The first-order chi connectivity index (χ1) is 12.5. The Labute approximate surface area is 151 Å². The molecule has 1 aromatic rings. The van der Waals surface area contributed by atoms with Gasteiger partial charge >= 0.3 is 5.97 Å². The lowest BCUT2D eigenvalue weighted by atomic mass is 10.2. The fourth-order valence-corrected chi connectivity index (χ4v) is 1.90. The second-order valence-corrected chi connectivity index (χ2v) is 5.15. The number of aliphatic carboxylic acids is 1. The predicted octanol–water partition coefficient (Wildman–Crippen LogP) is 1.54. The molecule has 0 aliphatic rings. The molecule has 26 heavy (non-hydrogen) atoms. The summed E-state index contributed by atoms with van der Waals surface area (Å²) in [5, 5.41) is 16.7. The zero-order valence-corrected chi connectivity index (χ0v) is 14.3. The molecule has 0 unspecified atom stereocenters. The van der Waals surface area contributed by atoms with Crippen molar-refractivity contribution >= 4 is 30.2 Å². The van der Waals surface area contributed by atoms with Crippen LogP contribution < -0.4 is 16.0 Å². The lowest BCUT2D eigenvalue weighted by molar-refractivity contribution is -0.136. The summed E-state index contributed by atoms with van der Waals surface area (Å²) < 4.78 is 0. The molecule has 0 aliphatic heterocycles. The van der Waals surface area contributed by atoms with E-state index < -0.39 is 5.97 Å². The second kappa shape index (κ2) is 11.2. The molecular weight excluding hydrogens is 336 g/mol. The van der Waals surface area contributed by atoms with Crippen LogP contribution in [-0.4, -0.2) is 42.7 Å². The zero-order chi connectivity index (χ0) is 19.4. The summed E-state index contributed by atoms with van der Waals surface area (Å²) in [4.78, 5) is 37.9. The third-order valence-corrected chi connectivity index (χ3v) is 3.16. The van der Waals surface area contributed by atoms with Crippen molar-refractivity contribution in [2.45, 2.75) is 12.8 Å². The minimum atomic E-state index is -0.978. The Morgan fingerprint density at radius 3 is 2.31 bits per heavy atom. The lowest BCUT2D eigenvalue weighted by Crippen LogP contribution is -2.26. The molecule has 138 valence electrons. The van der Waals surface area contributed by atoms with Crippen molar-refractivity contribution in [3.05, 3.63) is 54.4 Å². The average molecular weight is 358 g/mol. The molecule has 1 aromatic carbocycles. The van der Waals surface area contributed by atoms with Crippen LogP contribution in [0.25, 0.3) is 0 Å². The topological polar surface area (TPSA) is 120 Å². The molecule has 0 aromatic heterocycles. The van der Waals surface area contributed by atoms with E-state index in [9.17, 15) is 14.4 Å². The van der Waals surface area contributed by atoms with E-state index in [-0.39, 0.29) is 31.2 Å². The van der Waals surface area contributed by atoms with Gasteiger partial charge in [-0.15, -0.1) is 0 Å². The van der Waals surface area contributed by atoms with Crippen molar-refractivity contribution < 1.29 is 19.5 Å². The van der Waals surface area contributed by atoms with Crippen molar-refractivity contribution in [2.24, 2.45) is 4.99 Å². The first-order valence-corrected chi connectivity index (χ1v) is 7.89. The molecule has 0 saturated heterocycles. The highest BCUT2D eigenvalue weighted by Crippen LogP contribution is 2.10. The van der Waals surface area contributed by atoms with E-state index in [0.717, 1.165) is 0 Å². The minimum absolute atomic E-state index is 0.0571. The van der Waals surface area contributed by atoms with Crippen molar-refractivity contribution in [2.75, 3.05) is 18.4 Å². The van der Waals surface area contributed by atoms with E-state index in [0.29, 0.717) is 23.6 Å². The van der Waals surface area contributed by atoms with Gasteiger partial charge in [-0.1, -0.05) is 12.7 Å². The third kappa shape index (κ3) is 7.91. The van der Waals surface area contributed by atoms with Crippen LogP contribution in [0.15, 0.2) is 53.8 Å². The number of carbonyl (C=O) groups excluding carboxylic acids is 2. The molecule has 8 heteroatoms. The summed E-state index contributed by atoms with van der Waals surface area (Å²) in [5.41, 5.74) is 0.937. The highest BCUT2D eigenvalue weighted by Gasteiger charge is 2.07. The van der Waals surface area contributed by atoms with Crippen LogP contribution >= 0.6 is 0 Å². The van der Waals surface area contributed by atoms with Gasteiger partial charge in [-0.05, 0) is 37.1 Å². The average Bonchev–Trinajstić information content (AvgIpc) is 2.61. The number of benzene rings is 1. The maximum absolute atomic E-state index is 11.9. The van der Waals surface area contributed by atoms with Gasteiger partial charge in [0.2, 0.25) is 5.91 Å². The quantitative estimate of drug-likeness (QED) is 0.353. The summed E-state index contributed by atoms with van der Waals surface area (Å²) in [7, 11) is 0. The molecule has 0 bridgehead atoms. The van der Waals surface area contributed by atoms with Crippen LogP contribution in [0.3, 0.4) is 0 Å². The molecule has 1 rings (SSSR count). The van der Waals surface area contributed by atoms with Crippen LogP contribution in [-0.2, 0) is 9.59 Å². The standard InChI is InChI=1S/C18H22N4O4/c1-3-4-15(19-2)20-11-9-16(23)22-14-7-5-13(6-8-14)18(26)21-12-10-17(24)25/h3-8,20H,1-2,9-12H2,(H,21,26)(H,22,23)(H,24,25)/b15-4+. The van der Waals surface area contributed by atoms with E-state index in [1.54, 1.807) is 36.4 Å². The van der Waals surface area contributed by atoms with Crippen molar-refractivity contribution in [3.8, 4) is 0 Å². The van der Waals surface area contributed by atoms with E-state index in [1.165, 1.54) is 0 Å². The number of rotatable bonds is 11. The predicted molar refractivity (Wildman–Crippen MR) is 100 cm³/mol. The fraction of sp³-hybridized carbons (Fsp3) is 0.222. The van der Waals surface area contributed by atoms with Gasteiger partial charge in [0.05, 0.1) is 6.42 Å². The number of carbonyl (C=O) groups is 3. The Morgan fingerprint density at radius 2 is 1.73 bits per heavy atom. The van der Waals surface area contributed by atoms with Gasteiger partial charge in [-0.2, -0.15) is 0 Å². The lowest BCUT2D eigenvalue weighted by Gasteiger charge is -2.08. The molecule has 0 fully saturated rings. The Kier molecular flexibility index (Phi) is 8.88. The first kappa shape index (κ1) is 20.6. The monoisotopic (exact) mass is 358 g/mol. The largest absolute Gasteiger partial charge is 0.481 e. The van der Waals surface area contributed by atoms with E-state index in [1.807, 2.05) is 0 Å². The number of carboxylic acid groups (broad SMARTS) is 1. The molecule has 0 heterocycles. The van der Waals surface area contributed by atoms with E-state index in [4.69, 9.17) is 5.11 Å². The number of hydrogen-bond acceptors (Lipinski definition) is 5. The van der Waals surface area contributed by atoms with E-state index >= 15 is 0 Å². The van der Waals surface area contributed by atoms with Gasteiger partial charge in [0.25, 0.3) is 5.91 Å². The maximum Gasteiger partial charge on any atom is 0.305 e. The van der Waals surface area contributed by atoms with Gasteiger partial charge in [-0.3, -0.25) is 14.4 Å². The Balaban J connectivity index is 2.43. The van der Waals surface area contributed by atoms with Crippen molar-refractivity contribution in [1.29, 1.82) is 0 Å². The minimum Gasteiger partial charge on any atom is -0.481 e. The molecule has 0 aliphatic carbocycles. The highest BCUT2D eigenvalue weighted by atomic mass is 16.4. The number of hydrogen-bond donors (Lipinski definition) is 4. The number of nitrogens with one attached hydrogen (secondary N) is 3. The number of amides is 2. The summed E-state index contributed by atoms with van der Waals surface area (Å²) in [6, 6.07) is 6.31. The van der Waals surface area contributed by atoms with Crippen LogP contribution in [0.2, 0.25) is 0 Å². The number of carboxylic acids is 1. The number of nitrogens with zero attached hydrogens (tertiary/aromatic N) is 1. The number of aliphatic imine (C=N–C) groups is 1. The molecule has 4 N–H and O–H groups in total. The van der Waals surface area contributed by atoms with Gasteiger partial charge in [0, 0.05) is 30.8 Å². The molecule has 0 spiro atoms. The fourth-order valence-electron chi connectivity index (χ4n) is 1.90. The zero-order valence-electron chi connectivity index (χ0n) is 14.3. The summed E-state index contributed by atoms with van der Waals surface area (Å²) >= 11 is 0. The van der Waals surface area contributed by atoms with Gasteiger partial charge < -0.3 is 21.1 Å². The normalized spacial score (nSPS) is 10.5. The van der Waals surface area contributed by atoms with Gasteiger partial charge in [0.15, 0.2) is 0 Å². The smallest absolute Gasteiger partial charge is 0.305 e. The Hall–Kier alpha value is -3.42. The van der Waals surface area contributed by atoms with Crippen LogP contribution in [0, 0.1) is 0 Å². The van der Waals surface area contributed by atoms with Gasteiger partial charge in [0.1, 0.15) is 5.82 Å². The van der Waals surface area contributed by atoms with Crippen LogP contribution in [0.5, 0.6) is 0 Å². The molecular formula is C18H22N4O4. The highest BCUT2D eigenvalue weighted by molar-refractivity contribution is 5.96. The Bertz CT molecular complexity index is 696. The van der Waals surface area contributed by atoms with Crippen molar-refractivity contribution in [3.63, 3.8) is 0 Å². The molecule has 0 atom stereocenters. The maximum atomic E-state index is 11.9. The second-order valence-electron chi connectivity index (χ2n) is 5.15.